The average molecular weight is 219 g/mol. The molecule has 1 amide bonds. The number of carbonyl (C=O) groups is 1. The third-order valence-corrected chi connectivity index (χ3v) is 2.87. The summed E-state index contributed by atoms with van der Waals surface area (Å²) in [4.78, 5) is 11.4. The molecule has 2 N–H and O–H groups in total. The second-order valence-electron chi connectivity index (χ2n) is 4.40. The molecular formula is C13H17NO2. The maximum atomic E-state index is 11.4. The van der Waals surface area contributed by atoms with Crippen LogP contribution in [0.5, 0.6) is 0 Å². The SMILES string of the molecule is O=C(CC1CC1)NCc1ccc(CO)cc1. The third-order valence-electron chi connectivity index (χ3n) is 2.87. The van der Waals surface area contributed by atoms with Gasteiger partial charge in [0.05, 0.1) is 6.61 Å². The first-order chi connectivity index (χ1) is 7.78. The lowest BCUT2D eigenvalue weighted by molar-refractivity contribution is -0.121. The summed E-state index contributed by atoms with van der Waals surface area (Å²) in [6.07, 6.45) is 3.09. The predicted octanol–water partition coefficient (Wildman–Crippen LogP) is 1.60. The Morgan fingerprint density at radius 1 is 1.25 bits per heavy atom. The first-order valence-corrected chi connectivity index (χ1v) is 5.73. The van der Waals surface area contributed by atoms with Crippen molar-refractivity contribution in [2.45, 2.75) is 32.4 Å². The minimum absolute atomic E-state index is 0.0638. The van der Waals surface area contributed by atoms with Gasteiger partial charge in [0.15, 0.2) is 0 Å². The van der Waals surface area contributed by atoms with Crippen molar-refractivity contribution in [1.29, 1.82) is 0 Å². The molecule has 0 bridgehead atoms. The Hall–Kier alpha value is -1.35. The van der Waals surface area contributed by atoms with Gasteiger partial charge in [0, 0.05) is 13.0 Å². The van der Waals surface area contributed by atoms with Crippen LogP contribution in [0.2, 0.25) is 0 Å². The fourth-order valence-electron chi connectivity index (χ4n) is 1.62. The summed E-state index contributed by atoms with van der Waals surface area (Å²) in [5, 5.41) is 11.8. The Kier molecular flexibility index (Phi) is 3.57. The second kappa shape index (κ2) is 5.12. The zero-order chi connectivity index (χ0) is 11.4. The molecule has 86 valence electrons. The number of hydrogen-bond donors (Lipinski definition) is 2. The molecule has 0 saturated heterocycles. The lowest BCUT2D eigenvalue weighted by Crippen LogP contribution is -2.22. The lowest BCUT2D eigenvalue weighted by atomic mass is 10.1. The lowest BCUT2D eigenvalue weighted by Gasteiger charge is -2.05. The second-order valence-corrected chi connectivity index (χ2v) is 4.40. The molecule has 0 aliphatic heterocycles. The number of aliphatic hydroxyl groups is 1. The highest BCUT2D eigenvalue weighted by molar-refractivity contribution is 5.76. The normalized spacial score (nSPS) is 14.8. The molecule has 0 unspecified atom stereocenters. The highest BCUT2D eigenvalue weighted by Crippen LogP contribution is 2.32. The van der Waals surface area contributed by atoms with Crippen LogP contribution in [-0.2, 0) is 17.9 Å². The van der Waals surface area contributed by atoms with Gasteiger partial charge < -0.3 is 10.4 Å². The molecule has 3 heteroatoms. The van der Waals surface area contributed by atoms with Crippen LogP contribution in [0, 0.1) is 5.92 Å². The molecule has 0 atom stereocenters. The highest BCUT2D eigenvalue weighted by atomic mass is 16.3. The zero-order valence-electron chi connectivity index (χ0n) is 9.28. The van der Waals surface area contributed by atoms with E-state index in [9.17, 15) is 4.79 Å². The van der Waals surface area contributed by atoms with E-state index >= 15 is 0 Å². The van der Waals surface area contributed by atoms with Crippen molar-refractivity contribution in [1.82, 2.24) is 5.32 Å². The molecule has 1 aromatic carbocycles. The van der Waals surface area contributed by atoms with Crippen LogP contribution in [0.15, 0.2) is 24.3 Å². The molecule has 0 spiro atoms. The summed E-state index contributed by atoms with van der Waals surface area (Å²) < 4.78 is 0. The van der Waals surface area contributed by atoms with E-state index in [1.54, 1.807) is 0 Å². The van der Waals surface area contributed by atoms with Gasteiger partial charge in [0.2, 0.25) is 5.91 Å². The highest BCUT2D eigenvalue weighted by Gasteiger charge is 2.23. The summed E-state index contributed by atoms with van der Waals surface area (Å²) in [6, 6.07) is 7.62. The van der Waals surface area contributed by atoms with Crippen molar-refractivity contribution in [3.63, 3.8) is 0 Å². The number of carbonyl (C=O) groups excluding carboxylic acids is 1. The standard InChI is InChI=1S/C13H17NO2/c15-9-12-5-3-11(4-6-12)8-14-13(16)7-10-1-2-10/h3-6,10,15H,1-2,7-9H2,(H,14,16). The van der Waals surface area contributed by atoms with Crippen LogP contribution in [0.4, 0.5) is 0 Å². The molecule has 1 aromatic rings. The third kappa shape index (κ3) is 3.35. The Labute approximate surface area is 95.5 Å². The van der Waals surface area contributed by atoms with Crippen molar-refractivity contribution in [3.05, 3.63) is 35.4 Å². The fraction of sp³-hybridized carbons (Fsp3) is 0.462. The van der Waals surface area contributed by atoms with E-state index in [0.29, 0.717) is 18.9 Å². The van der Waals surface area contributed by atoms with Crippen LogP contribution in [-0.4, -0.2) is 11.0 Å². The Morgan fingerprint density at radius 3 is 2.44 bits per heavy atom. The van der Waals surface area contributed by atoms with E-state index < -0.39 is 0 Å². The summed E-state index contributed by atoms with van der Waals surface area (Å²) in [6.45, 7) is 0.644. The topological polar surface area (TPSA) is 49.3 Å². The molecule has 1 aliphatic rings. The van der Waals surface area contributed by atoms with Gasteiger partial charge in [-0.15, -0.1) is 0 Å². The Morgan fingerprint density at radius 2 is 1.88 bits per heavy atom. The molecule has 0 heterocycles. The van der Waals surface area contributed by atoms with Crippen LogP contribution >= 0.6 is 0 Å². The number of nitrogens with one attached hydrogen (secondary N) is 1. The molecule has 0 aromatic heterocycles. The molecule has 0 radical (unpaired) electrons. The number of rotatable bonds is 5. The van der Waals surface area contributed by atoms with Crippen molar-refractivity contribution < 1.29 is 9.90 Å². The van der Waals surface area contributed by atoms with Gasteiger partial charge >= 0.3 is 0 Å². The van der Waals surface area contributed by atoms with Crippen molar-refractivity contribution in [3.8, 4) is 0 Å². The van der Waals surface area contributed by atoms with Gasteiger partial charge in [-0.2, -0.15) is 0 Å². The molecular weight excluding hydrogens is 202 g/mol. The van der Waals surface area contributed by atoms with Crippen molar-refractivity contribution in [2.75, 3.05) is 0 Å². The van der Waals surface area contributed by atoms with E-state index in [2.05, 4.69) is 5.32 Å². The van der Waals surface area contributed by atoms with E-state index in [-0.39, 0.29) is 12.5 Å². The van der Waals surface area contributed by atoms with E-state index in [1.165, 1.54) is 12.8 Å². The molecule has 3 nitrogen and oxygen atoms in total. The first kappa shape index (κ1) is 11.1. The number of benzene rings is 1. The van der Waals surface area contributed by atoms with E-state index in [0.717, 1.165) is 11.1 Å². The van der Waals surface area contributed by atoms with Gasteiger partial charge in [-0.1, -0.05) is 24.3 Å². The maximum absolute atomic E-state index is 11.4. The minimum atomic E-state index is 0.0638. The van der Waals surface area contributed by atoms with Crippen LogP contribution in [0.1, 0.15) is 30.4 Å². The van der Waals surface area contributed by atoms with Crippen LogP contribution in [0.25, 0.3) is 0 Å². The molecule has 1 aliphatic carbocycles. The first-order valence-electron chi connectivity index (χ1n) is 5.73. The monoisotopic (exact) mass is 219 g/mol. The van der Waals surface area contributed by atoms with Crippen molar-refractivity contribution in [2.24, 2.45) is 5.92 Å². The van der Waals surface area contributed by atoms with Gasteiger partial charge in [0.1, 0.15) is 0 Å². The molecule has 16 heavy (non-hydrogen) atoms. The van der Waals surface area contributed by atoms with E-state index in [1.807, 2.05) is 24.3 Å². The Bertz CT molecular complexity index is 355. The van der Waals surface area contributed by atoms with Gasteiger partial charge in [-0.05, 0) is 29.9 Å². The smallest absolute Gasteiger partial charge is 0.220 e. The predicted molar refractivity (Wildman–Crippen MR) is 61.6 cm³/mol. The number of hydrogen-bond acceptors (Lipinski definition) is 2. The quantitative estimate of drug-likeness (QED) is 0.790. The fourth-order valence-corrected chi connectivity index (χ4v) is 1.62. The van der Waals surface area contributed by atoms with Crippen molar-refractivity contribution >= 4 is 5.91 Å². The Balaban J connectivity index is 1.76. The van der Waals surface area contributed by atoms with Gasteiger partial charge in [0.25, 0.3) is 0 Å². The van der Waals surface area contributed by atoms with Gasteiger partial charge in [-0.3, -0.25) is 4.79 Å². The number of aliphatic hydroxyl groups excluding tert-OH is 1. The van der Waals surface area contributed by atoms with Crippen LogP contribution in [0.3, 0.4) is 0 Å². The largest absolute Gasteiger partial charge is 0.392 e. The molecule has 1 saturated carbocycles. The summed E-state index contributed by atoms with van der Waals surface area (Å²) in [7, 11) is 0. The molecule has 2 rings (SSSR count). The number of amides is 1. The summed E-state index contributed by atoms with van der Waals surface area (Å²) in [5.74, 6) is 0.783. The molecule has 1 fully saturated rings. The summed E-state index contributed by atoms with van der Waals surface area (Å²) in [5.41, 5.74) is 1.97. The van der Waals surface area contributed by atoms with E-state index in [4.69, 9.17) is 5.11 Å². The minimum Gasteiger partial charge on any atom is -0.392 e. The average Bonchev–Trinajstić information content (AvgIpc) is 3.11. The zero-order valence-corrected chi connectivity index (χ0v) is 9.28. The maximum Gasteiger partial charge on any atom is 0.220 e. The summed E-state index contributed by atoms with van der Waals surface area (Å²) >= 11 is 0. The van der Waals surface area contributed by atoms with Crippen LogP contribution < -0.4 is 5.32 Å². The van der Waals surface area contributed by atoms with Gasteiger partial charge in [-0.25, -0.2) is 0 Å².